The average molecular weight is 493 g/mol. The van der Waals surface area contributed by atoms with Gasteiger partial charge in [0.25, 0.3) is 15.9 Å². The minimum atomic E-state index is -3.79. The molecule has 7 nitrogen and oxygen atoms in total. The second-order valence-electron chi connectivity index (χ2n) is 8.53. The van der Waals surface area contributed by atoms with Gasteiger partial charge in [-0.3, -0.25) is 9.10 Å². The van der Waals surface area contributed by atoms with Crippen LogP contribution in [0.5, 0.6) is 0 Å². The van der Waals surface area contributed by atoms with Gasteiger partial charge in [0, 0.05) is 7.05 Å². The van der Waals surface area contributed by atoms with Crippen LogP contribution in [0.3, 0.4) is 0 Å². The number of sulfonamides is 1. The molecule has 0 spiro atoms. The largest absolute Gasteiger partial charge is 0.449 e. The first-order chi connectivity index (χ1) is 16.8. The van der Waals surface area contributed by atoms with Crippen molar-refractivity contribution < 1.29 is 22.7 Å². The van der Waals surface area contributed by atoms with Crippen LogP contribution in [0.2, 0.25) is 0 Å². The van der Waals surface area contributed by atoms with Crippen LogP contribution in [-0.4, -0.2) is 33.4 Å². The van der Waals surface area contributed by atoms with Gasteiger partial charge in [-0.2, -0.15) is 0 Å². The molecule has 0 bridgehead atoms. The van der Waals surface area contributed by atoms with Gasteiger partial charge in [-0.1, -0.05) is 42.5 Å². The van der Waals surface area contributed by atoms with Crippen molar-refractivity contribution in [2.24, 2.45) is 0 Å². The van der Waals surface area contributed by atoms with Crippen LogP contribution in [0.1, 0.15) is 47.3 Å². The van der Waals surface area contributed by atoms with Gasteiger partial charge < -0.3 is 10.1 Å². The number of fused-ring (bicyclic) bond motifs is 1. The zero-order valence-corrected chi connectivity index (χ0v) is 20.5. The van der Waals surface area contributed by atoms with Gasteiger partial charge in [0.05, 0.1) is 22.2 Å². The first kappa shape index (κ1) is 24.5. The molecule has 3 aromatic rings. The summed E-state index contributed by atoms with van der Waals surface area (Å²) in [5.41, 5.74) is 3.01. The number of esters is 1. The lowest BCUT2D eigenvalue weighted by Gasteiger charge is -2.27. The Morgan fingerprint density at radius 2 is 1.63 bits per heavy atom. The number of benzene rings is 3. The smallest absolute Gasteiger partial charge is 0.338 e. The highest BCUT2D eigenvalue weighted by atomic mass is 32.2. The number of anilines is 1. The lowest BCUT2D eigenvalue weighted by Crippen LogP contribution is -2.39. The number of carbonyl (C=O) groups excluding carboxylic acids is 2. The Balaban J connectivity index is 1.39. The van der Waals surface area contributed by atoms with E-state index >= 15 is 0 Å². The zero-order chi connectivity index (χ0) is 25.0. The van der Waals surface area contributed by atoms with E-state index in [9.17, 15) is 18.0 Å². The van der Waals surface area contributed by atoms with Crippen LogP contribution >= 0.6 is 0 Å². The molecule has 1 aliphatic carbocycles. The van der Waals surface area contributed by atoms with Crippen LogP contribution in [0, 0.1) is 0 Å². The zero-order valence-electron chi connectivity index (χ0n) is 19.7. The number of rotatable bonds is 7. The van der Waals surface area contributed by atoms with E-state index in [1.807, 2.05) is 18.2 Å². The molecule has 4 rings (SSSR count). The van der Waals surface area contributed by atoms with E-state index < -0.39 is 22.1 Å². The van der Waals surface area contributed by atoms with Crippen molar-refractivity contribution in [3.8, 4) is 0 Å². The number of hydrogen-bond acceptors (Lipinski definition) is 5. The van der Waals surface area contributed by atoms with Crippen molar-refractivity contribution in [2.75, 3.05) is 11.4 Å². The summed E-state index contributed by atoms with van der Waals surface area (Å²) < 4.78 is 32.4. The quantitative estimate of drug-likeness (QED) is 0.498. The Kier molecular flexibility index (Phi) is 7.21. The fraction of sp³-hybridized carbons (Fsp3) is 0.259. The molecule has 0 heterocycles. The van der Waals surface area contributed by atoms with Crippen molar-refractivity contribution in [3.63, 3.8) is 0 Å². The van der Waals surface area contributed by atoms with E-state index in [4.69, 9.17) is 4.74 Å². The summed E-state index contributed by atoms with van der Waals surface area (Å²) in [6.07, 6.45) is 1.80. The summed E-state index contributed by atoms with van der Waals surface area (Å²) in [5, 5.41) is 2.99. The topological polar surface area (TPSA) is 92.8 Å². The number of para-hydroxylation sites is 1. The Morgan fingerprint density at radius 1 is 0.971 bits per heavy atom. The van der Waals surface area contributed by atoms with Crippen LogP contribution in [0.25, 0.3) is 0 Å². The van der Waals surface area contributed by atoms with Crippen LogP contribution in [0.15, 0.2) is 83.8 Å². The lowest BCUT2D eigenvalue weighted by atomic mass is 9.87. The maximum absolute atomic E-state index is 12.9. The highest BCUT2D eigenvalue weighted by Gasteiger charge is 2.26. The van der Waals surface area contributed by atoms with Gasteiger partial charge in [0.15, 0.2) is 6.10 Å². The standard InChI is InChI=1S/C27H28N2O5S/c1-19(26(30)28-25-14-8-10-20-9-6-7-13-24(20)25)34-27(31)21-15-17-23(18-16-21)35(32,33)29(2)22-11-4-3-5-12-22/h3-7,9,11-13,15-19,25H,8,10,14H2,1-2H3,(H,28,30). The summed E-state index contributed by atoms with van der Waals surface area (Å²) in [7, 11) is -2.32. The van der Waals surface area contributed by atoms with E-state index in [2.05, 4.69) is 11.4 Å². The molecule has 0 saturated carbocycles. The molecule has 3 aromatic carbocycles. The number of ether oxygens (including phenoxy) is 1. The minimum Gasteiger partial charge on any atom is -0.449 e. The molecule has 0 saturated heterocycles. The van der Waals surface area contributed by atoms with Gasteiger partial charge in [-0.25, -0.2) is 13.2 Å². The summed E-state index contributed by atoms with van der Waals surface area (Å²) >= 11 is 0. The predicted molar refractivity (Wildman–Crippen MR) is 134 cm³/mol. The van der Waals surface area contributed by atoms with Crippen molar-refractivity contribution in [1.82, 2.24) is 5.32 Å². The minimum absolute atomic E-state index is 0.0437. The molecule has 1 amide bonds. The average Bonchev–Trinajstić information content (AvgIpc) is 2.89. The van der Waals surface area contributed by atoms with E-state index in [-0.39, 0.29) is 22.4 Å². The third-order valence-electron chi connectivity index (χ3n) is 6.21. The van der Waals surface area contributed by atoms with Crippen molar-refractivity contribution in [3.05, 3.63) is 95.6 Å². The number of aryl methyl sites for hydroxylation is 1. The van der Waals surface area contributed by atoms with Crippen molar-refractivity contribution in [1.29, 1.82) is 0 Å². The van der Waals surface area contributed by atoms with E-state index in [1.165, 1.54) is 48.1 Å². The lowest BCUT2D eigenvalue weighted by molar-refractivity contribution is -0.130. The predicted octanol–water partition coefficient (Wildman–Crippen LogP) is 4.25. The molecule has 182 valence electrons. The van der Waals surface area contributed by atoms with Crippen LogP contribution in [-0.2, 0) is 26.0 Å². The van der Waals surface area contributed by atoms with Crippen LogP contribution < -0.4 is 9.62 Å². The third-order valence-corrected chi connectivity index (χ3v) is 8.01. The van der Waals surface area contributed by atoms with E-state index in [1.54, 1.807) is 30.3 Å². The molecule has 2 unspecified atom stereocenters. The fourth-order valence-electron chi connectivity index (χ4n) is 4.17. The SMILES string of the molecule is CC(OC(=O)c1ccc(S(=O)(=O)N(C)c2ccccc2)cc1)C(=O)NC1CCCc2ccccc21. The monoisotopic (exact) mass is 492 g/mol. The molecular formula is C27H28N2O5S. The van der Waals surface area contributed by atoms with Gasteiger partial charge in [-0.15, -0.1) is 0 Å². The van der Waals surface area contributed by atoms with Crippen LogP contribution in [0.4, 0.5) is 5.69 Å². The third kappa shape index (κ3) is 5.38. The molecule has 35 heavy (non-hydrogen) atoms. The van der Waals surface area contributed by atoms with Crippen molar-refractivity contribution in [2.45, 2.75) is 43.2 Å². The van der Waals surface area contributed by atoms with Gasteiger partial charge in [0.1, 0.15) is 0 Å². The highest BCUT2D eigenvalue weighted by molar-refractivity contribution is 7.92. The number of carbonyl (C=O) groups is 2. The summed E-state index contributed by atoms with van der Waals surface area (Å²) in [6, 6.07) is 22.1. The molecule has 8 heteroatoms. The Morgan fingerprint density at radius 3 is 2.34 bits per heavy atom. The number of nitrogens with zero attached hydrogens (tertiary/aromatic N) is 1. The second kappa shape index (κ2) is 10.3. The van der Waals surface area contributed by atoms with E-state index in [0.717, 1.165) is 24.8 Å². The second-order valence-corrected chi connectivity index (χ2v) is 10.5. The fourth-order valence-corrected chi connectivity index (χ4v) is 5.37. The number of hydrogen-bond donors (Lipinski definition) is 1. The Labute approximate surface area is 205 Å². The summed E-state index contributed by atoms with van der Waals surface area (Å²) in [5.74, 6) is -1.07. The summed E-state index contributed by atoms with van der Waals surface area (Å²) in [6.45, 7) is 1.52. The van der Waals surface area contributed by atoms with E-state index in [0.29, 0.717) is 5.69 Å². The maximum Gasteiger partial charge on any atom is 0.338 e. The first-order valence-electron chi connectivity index (χ1n) is 11.5. The maximum atomic E-state index is 12.9. The summed E-state index contributed by atoms with van der Waals surface area (Å²) in [4.78, 5) is 25.4. The molecule has 0 aliphatic heterocycles. The number of amides is 1. The molecule has 2 atom stereocenters. The molecule has 1 N–H and O–H groups in total. The van der Waals surface area contributed by atoms with Gasteiger partial charge in [0.2, 0.25) is 0 Å². The molecular weight excluding hydrogens is 464 g/mol. The van der Waals surface area contributed by atoms with Crippen molar-refractivity contribution >= 4 is 27.6 Å². The normalized spacial score (nSPS) is 16.0. The first-order valence-corrected chi connectivity index (χ1v) is 12.9. The molecule has 1 aliphatic rings. The Hall–Kier alpha value is -3.65. The Bertz CT molecular complexity index is 1310. The molecule has 0 aromatic heterocycles. The number of nitrogens with one attached hydrogen (secondary N) is 1. The molecule has 0 fully saturated rings. The molecule has 0 radical (unpaired) electrons. The van der Waals surface area contributed by atoms with Gasteiger partial charge in [-0.05, 0) is 73.7 Å². The van der Waals surface area contributed by atoms with Gasteiger partial charge >= 0.3 is 5.97 Å². The highest BCUT2D eigenvalue weighted by Crippen LogP contribution is 2.29.